The molecule has 2 aliphatic heterocycles. The minimum atomic E-state index is -0.401. The zero-order valence-corrected chi connectivity index (χ0v) is 19.9. The maximum absolute atomic E-state index is 6.50. The number of hydrazone groups is 1. The molecule has 164 valence electrons. The Bertz CT molecular complexity index is 1180. The lowest BCUT2D eigenvalue weighted by Gasteiger charge is -2.38. The quantitative estimate of drug-likeness (QED) is 0.420. The lowest BCUT2D eigenvalue weighted by molar-refractivity contribution is -0.0204. The first-order valence-electron chi connectivity index (χ1n) is 10.7. The number of rotatable bonds is 5. The number of hydrogen-bond acceptors (Lipinski definition) is 5. The molecular weight excluding hydrogens is 468 g/mol. The second-order valence-electron chi connectivity index (χ2n) is 7.96. The standard InChI is InChI=1S/C26H25BrN2O3/c1-4-16-5-7-17(8-6-16)22-15-23-21-13-18(27)9-12-24(21)32-26(29(23)28-22)20-11-10-19(30-2)14-25(20)31-3/h5-14,23,26H,4,15H2,1-3H3/t23-,26+/m1/s1. The summed E-state index contributed by atoms with van der Waals surface area (Å²) < 4.78 is 18.6. The van der Waals surface area contributed by atoms with Gasteiger partial charge in [-0.05, 0) is 47.9 Å². The number of halogens is 1. The van der Waals surface area contributed by atoms with Crippen molar-refractivity contribution in [1.82, 2.24) is 5.01 Å². The summed E-state index contributed by atoms with van der Waals surface area (Å²) in [4.78, 5) is 0. The average molecular weight is 493 g/mol. The highest BCUT2D eigenvalue weighted by Crippen LogP contribution is 2.49. The monoisotopic (exact) mass is 492 g/mol. The Hall–Kier alpha value is -2.99. The van der Waals surface area contributed by atoms with Gasteiger partial charge < -0.3 is 14.2 Å². The molecule has 0 saturated heterocycles. The molecule has 0 bridgehead atoms. The molecule has 2 heterocycles. The normalized spacial score (nSPS) is 19.0. The van der Waals surface area contributed by atoms with Gasteiger partial charge in [-0.25, -0.2) is 5.01 Å². The Morgan fingerprint density at radius 2 is 1.81 bits per heavy atom. The van der Waals surface area contributed by atoms with E-state index in [1.165, 1.54) is 5.56 Å². The highest BCUT2D eigenvalue weighted by molar-refractivity contribution is 9.10. The number of methoxy groups -OCH3 is 2. The Morgan fingerprint density at radius 1 is 1.00 bits per heavy atom. The largest absolute Gasteiger partial charge is 0.497 e. The van der Waals surface area contributed by atoms with Crippen molar-refractivity contribution < 1.29 is 14.2 Å². The molecule has 0 aliphatic carbocycles. The van der Waals surface area contributed by atoms with E-state index in [0.717, 1.165) is 51.2 Å². The van der Waals surface area contributed by atoms with E-state index in [-0.39, 0.29) is 6.04 Å². The third-order valence-corrected chi connectivity index (χ3v) is 6.65. The zero-order chi connectivity index (χ0) is 22.2. The van der Waals surface area contributed by atoms with Gasteiger partial charge in [0.1, 0.15) is 17.2 Å². The van der Waals surface area contributed by atoms with E-state index in [9.17, 15) is 0 Å². The van der Waals surface area contributed by atoms with Crippen molar-refractivity contribution in [3.05, 3.63) is 87.4 Å². The third-order valence-electron chi connectivity index (χ3n) is 6.15. The number of aryl methyl sites for hydroxylation is 1. The second kappa shape index (κ2) is 8.51. The number of benzene rings is 3. The minimum absolute atomic E-state index is 0.0777. The number of fused-ring (bicyclic) bond motifs is 3. The van der Waals surface area contributed by atoms with Crippen LogP contribution in [0.5, 0.6) is 17.2 Å². The minimum Gasteiger partial charge on any atom is -0.497 e. The molecule has 0 N–H and O–H groups in total. The van der Waals surface area contributed by atoms with Crippen molar-refractivity contribution in [1.29, 1.82) is 0 Å². The molecule has 0 radical (unpaired) electrons. The second-order valence-corrected chi connectivity index (χ2v) is 8.87. The van der Waals surface area contributed by atoms with Crippen LogP contribution in [0.15, 0.2) is 70.2 Å². The van der Waals surface area contributed by atoms with Crippen LogP contribution in [-0.4, -0.2) is 24.9 Å². The molecule has 0 amide bonds. The van der Waals surface area contributed by atoms with Gasteiger partial charge in [0.15, 0.2) is 0 Å². The van der Waals surface area contributed by atoms with Gasteiger partial charge in [-0.3, -0.25) is 0 Å². The first kappa shape index (κ1) is 20.9. The fourth-order valence-corrected chi connectivity index (χ4v) is 4.77. The number of ether oxygens (including phenoxy) is 3. The van der Waals surface area contributed by atoms with Crippen LogP contribution >= 0.6 is 15.9 Å². The van der Waals surface area contributed by atoms with Crippen LogP contribution in [0.3, 0.4) is 0 Å². The molecule has 3 aromatic carbocycles. The van der Waals surface area contributed by atoms with Gasteiger partial charge in [0.25, 0.3) is 0 Å². The van der Waals surface area contributed by atoms with E-state index in [0.29, 0.717) is 5.75 Å². The third kappa shape index (κ3) is 3.62. The van der Waals surface area contributed by atoms with Gasteiger partial charge >= 0.3 is 0 Å². The van der Waals surface area contributed by atoms with Gasteiger partial charge in [0.2, 0.25) is 6.23 Å². The van der Waals surface area contributed by atoms with E-state index >= 15 is 0 Å². The molecule has 0 unspecified atom stereocenters. The molecule has 0 saturated carbocycles. The topological polar surface area (TPSA) is 43.3 Å². The predicted molar refractivity (Wildman–Crippen MR) is 129 cm³/mol. The van der Waals surface area contributed by atoms with Crippen LogP contribution in [-0.2, 0) is 6.42 Å². The van der Waals surface area contributed by atoms with Crippen molar-refractivity contribution in [2.75, 3.05) is 14.2 Å². The van der Waals surface area contributed by atoms with Crippen LogP contribution in [0.25, 0.3) is 0 Å². The molecular formula is C26H25BrN2O3. The summed E-state index contributed by atoms with van der Waals surface area (Å²) in [5, 5.41) is 7.13. The van der Waals surface area contributed by atoms with E-state index in [1.54, 1.807) is 14.2 Å². The summed E-state index contributed by atoms with van der Waals surface area (Å²) in [6, 6.07) is 20.7. The molecule has 5 nitrogen and oxygen atoms in total. The summed E-state index contributed by atoms with van der Waals surface area (Å²) >= 11 is 3.62. The van der Waals surface area contributed by atoms with Crippen LogP contribution < -0.4 is 14.2 Å². The molecule has 32 heavy (non-hydrogen) atoms. The van der Waals surface area contributed by atoms with E-state index in [2.05, 4.69) is 58.2 Å². The van der Waals surface area contributed by atoms with Crippen molar-refractivity contribution in [2.24, 2.45) is 5.10 Å². The summed E-state index contributed by atoms with van der Waals surface area (Å²) in [6.45, 7) is 2.17. The van der Waals surface area contributed by atoms with Crippen LogP contribution in [0.1, 0.15) is 47.9 Å². The van der Waals surface area contributed by atoms with Crippen LogP contribution in [0, 0.1) is 0 Å². The SMILES string of the molecule is CCc1ccc(C2=NN3[C@H](C2)c2cc(Br)ccc2O[C@H]3c2ccc(OC)cc2OC)cc1. The molecule has 6 heteroatoms. The van der Waals surface area contributed by atoms with Crippen LogP contribution in [0.4, 0.5) is 0 Å². The molecule has 2 aliphatic rings. The average Bonchev–Trinajstić information content (AvgIpc) is 3.29. The van der Waals surface area contributed by atoms with Gasteiger partial charge in [-0.1, -0.05) is 47.1 Å². The van der Waals surface area contributed by atoms with E-state index in [4.69, 9.17) is 19.3 Å². The predicted octanol–water partition coefficient (Wildman–Crippen LogP) is 6.27. The Labute approximate surface area is 196 Å². The summed E-state index contributed by atoms with van der Waals surface area (Å²) in [5.74, 6) is 2.32. The van der Waals surface area contributed by atoms with E-state index in [1.807, 2.05) is 30.3 Å². The fraction of sp³-hybridized carbons (Fsp3) is 0.269. The summed E-state index contributed by atoms with van der Waals surface area (Å²) in [5.41, 5.74) is 5.58. The molecule has 2 atom stereocenters. The first-order chi connectivity index (χ1) is 15.6. The van der Waals surface area contributed by atoms with Crippen molar-refractivity contribution in [3.8, 4) is 17.2 Å². The number of hydrogen-bond donors (Lipinski definition) is 0. The summed E-state index contributed by atoms with van der Waals surface area (Å²) in [7, 11) is 3.31. The maximum atomic E-state index is 6.50. The van der Waals surface area contributed by atoms with E-state index < -0.39 is 6.23 Å². The maximum Gasteiger partial charge on any atom is 0.217 e. The van der Waals surface area contributed by atoms with Gasteiger partial charge in [0.05, 0.1) is 31.5 Å². The van der Waals surface area contributed by atoms with Crippen molar-refractivity contribution >= 4 is 21.6 Å². The number of nitrogens with zero attached hydrogens (tertiary/aromatic N) is 2. The highest BCUT2D eigenvalue weighted by Gasteiger charge is 2.42. The smallest absolute Gasteiger partial charge is 0.217 e. The summed E-state index contributed by atoms with van der Waals surface area (Å²) in [6.07, 6.45) is 1.44. The van der Waals surface area contributed by atoms with Gasteiger partial charge in [-0.15, -0.1) is 0 Å². The molecule has 0 spiro atoms. The Kier molecular flexibility index (Phi) is 5.55. The van der Waals surface area contributed by atoms with Gasteiger partial charge in [0, 0.05) is 22.5 Å². The zero-order valence-electron chi connectivity index (χ0n) is 18.3. The molecule has 0 fully saturated rings. The Morgan fingerprint density at radius 3 is 2.53 bits per heavy atom. The van der Waals surface area contributed by atoms with Crippen molar-refractivity contribution in [3.63, 3.8) is 0 Å². The highest BCUT2D eigenvalue weighted by atomic mass is 79.9. The fourth-order valence-electron chi connectivity index (χ4n) is 4.39. The lowest BCUT2D eigenvalue weighted by atomic mass is 9.95. The molecule has 3 aromatic rings. The van der Waals surface area contributed by atoms with Crippen molar-refractivity contribution in [2.45, 2.75) is 32.0 Å². The molecule has 0 aromatic heterocycles. The molecule has 5 rings (SSSR count). The Balaban J connectivity index is 1.60. The first-order valence-corrected chi connectivity index (χ1v) is 11.5. The van der Waals surface area contributed by atoms with Crippen LogP contribution in [0.2, 0.25) is 0 Å². The van der Waals surface area contributed by atoms with Gasteiger partial charge in [-0.2, -0.15) is 5.10 Å². The lowest BCUT2D eigenvalue weighted by Crippen LogP contribution is -2.34.